The van der Waals surface area contributed by atoms with Gasteiger partial charge in [-0.15, -0.1) is 0 Å². The van der Waals surface area contributed by atoms with Crippen LogP contribution in [0.15, 0.2) is 77.6 Å². The molecule has 1 fully saturated rings. The summed E-state index contributed by atoms with van der Waals surface area (Å²) in [6, 6.07) is 5.87. The van der Waals surface area contributed by atoms with Gasteiger partial charge in [0.2, 0.25) is 5.90 Å². The Morgan fingerprint density at radius 1 is 1.21 bits per heavy atom. The van der Waals surface area contributed by atoms with Gasteiger partial charge in [-0.25, -0.2) is 9.38 Å². The molecule has 0 N–H and O–H groups in total. The number of fused-ring (bicyclic) bond motifs is 3. The second-order valence-corrected chi connectivity index (χ2v) is 9.30. The van der Waals surface area contributed by atoms with Gasteiger partial charge in [0, 0.05) is 48.3 Å². The molecule has 1 spiro atoms. The van der Waals surface area contributed by atoms with E-state index in [0.717, 1.165) is 30.2 Å². The summed E-state index contributed by atoms with van der Waals surface area (Å²) in [5.74, 6) is -0.304. The molecule has 5 heterocycles. The second-order valence-electron chi connectivity index (χ2n) is 9.30. The predicted octanol–water partition coefficient (Wildman–Crippen LogP) is 4.72. The number of aldehydes is 1. The van der Waals surface area contributed by atoms with Crippen molar-refractivity contribution in [2.45, 2.75) is 25.4 Å². The van der Waals surface area contributed by atoms with Crippen LogP contribution >= 0.6 is 0 Å². The first-order valence-corrected chi connectivity index (χ1v) is 11.7. The largest absolute Gasteiger partial charge is 0.473 e. The number of aliphatic imine (C=N–C) groups is 1. The fourth-order valence-corrected chi connectivity index (χ4v) is 4.58. The van der Waals surface area contributed by atoms with Crippen molar-refractivity contribution in [2.24, 2.45) is 10.4 Å². The fraction of sp³-hybridized carbons (Fsp3) is 0.269. The van der Waals surface area contributed by atoms with Crippen molar-refractivity contribution in [3.63, 3.8) is 0 Å². The van der Waals surface area contributed by atoms with Crippen LogP contribution in [0.25, 0.3) is 0 Å². The monoisotopic (exact) mass is 528 g/mol. The number of nitrogens with zero attached hydrogens (tertiary/aromatic N) is 4. The average molecular weight is 528 g/mol. The fourth-order valence-electron chi connectivity index (χ4n) is 4.58. The molecule has 12 heteroatoms. The molecule has 0 amide bonds. The molecule has 0 aliphatic carbocycles. The van der Waals surface area contributed by atoms with Gasteiger partial charge >= 0.3 is 6.18 Å². The van der Waals surface area contributed by atoms with Gasteiger partial charge in [-0.3, -0.25) is 9.78 Å². The maximum absolute atomic E-state index is 14.7. The van der Waals surface area contributed by atoms with E-state index in [1.165, 1.54) is 18.2 Å². The summed E-state index contributed by atoms with van der Waals surface area (Å²) < 4.78 is 69.7. The lowest BCUT2D eigenvalue weighted by Gasteiger charge is -2.43. The van der Waals surface area contributed by atoms with Crippen LogP contribution in [-0.2, 0) is 27.1 Å². The third-order valence-corrected chi connectivity index (χ3v) is 6.55. The van der Waals surface area contributed by atoms with Gasteiger partial charge in [0.1, 0.15) is 23.9 Å². The van der Waals surface area contributed by atoms with Crippen molar-refractivity contribution in [3.8, 4) is 11.5 Å². The Morgan fingerprint density at radius 2 is 2.05 bits per heavy atom. The van der Waals surface area contributed by atoms with Gasteiger partial charge < -0.3 is 24.0 Å². The summed E-state index contributed by atoms with van der Waals surface area (Å²) in [4.78, 5) is 23.1. The van der Waals surface area contributed by atoms with Crippen LogP contribution in [0.4, 0.5) is 17.6 Å². The Hall–Kier alpha value is -4.19. The Labute approximate surface area is 214 Å². The zero-order valence-electron chi connectivity index (χ0n) is 19.7. The number of aromatic nitrogens is 1. The van der Waals surface area contributed by atoms with E-state index in [9.17, 15) is 22.4 Å². The number of pyridine rings is 1. The number of carbonyl (C=O) groups is 1. The summed E-state index contributed by atoms with van der Waals surface area (Å²) in [7, 11) is 0. The molecule has 1 unspecified atom stereocenters. The predicted molar refractivity (Wildman–Crippen MR) is 125 cm³/mol. The van der Waals surface area contributed by atoms with E-state index in [-0.39, 0.29) is 29.4 Å². The first kappa shape index (κ1) is 24.2. The number of rotatable bonds is 5. The Balaban J connectivity index is 1.14. The Kier molecular flexibility index (Phi) is 5.71. The van der Waals surface area contributed by atoms with Crippen molar-refractivity contribution in [3.05, 3.63) is 89.7 Å². The van der Waals surface area contributed by atoms with Gasteiger partial charge in [-0.2, -0.15) is 13.2 Å². The molecule has 1 aromatic heterocycles. The van der Waals surface area contributed by atoms with Crippen LogP contribution in [0.5, 0.6) is 11.5 Å². The van der Waals surface area contributed by atoms with Crippen molar-refractivity contribution in [1.29, 1.82) is 0 Å². The van der Waals surface area contributed by atoms with E-state index in [4.69, 9.17) is 14.2 Å². The molecule has 4 aliphatic rings. The molecule has 0 bridgehead atoms. The van der Waals surface area contributed by atoms with Crippen molar-refractivity contribution >= 4 is 12.2 Å². The zero-order valence-corrected chi connectivity index (χ0v) is 19.7. The molecule has 2 aromatic rings. The molecule has 8 nitrogen and oxygen atoms in total. The van der Waals surface area contributed by atoms with E-state index in [0.29, 0.717) is 31.1 Å². The number of allylic oxidation sites excluding steroid dienone is 1. The summed E-state index contributed by atoms with van der Waals surface area (Å²) in [6.45, 7) is 1.26. The van der Waals surface area contributed by atoms with Gasteiger partial charge in [-0.1, -0.05) is 12.1 Å². The number of carbonyl (C=O) groups excluding carboxylic acids is 1. The second kappa shape index (κ2) is 8.98. The number of hydrogen-bond donors (Lipinski definition) is 0. The summed E-state index contributed by atoms with van der Waals surface area (Å²) in [6.07, 6.45) is 4.67. The molecule has 0 radical (unpaired) electrons. The van der Waals surface area contributed by atoms with E-state index < -0.39 is 23.9 Å². The SMILES string of the molecule is O=CC1N=C(OCc2ccc(Oc3ccnc(C(F)(F)F)c3)c(F)c2)C=C2N3C=CC4(COC4)CC3=CN21. The lowest BCUT2D eigenvalue weighted by Crippen LogP contribution is -2.44. The molecule has 1 saturated heterocycles. The highest BCUT2D eigenvalue weighted by atomic mass is 19.4. The molecule has 196 valence electrons. The minimum atomic E-state index is -4.65. The van der Waals surface area contributed by atoms with Crippen LogP contribution in [0.3, 0.4) is 0 Å². The number of benzene rings is 1. The van der Waals surface area contributed by atoms with Crippen LogP contribution in [0.2, 0.25) is 0 Å². The van der Waals surface area contributed by atoms with Crippen LogP contribution < -0.4 is 4.74 Å². The molecule has 1 atom stereocenters. The summed E-state index contributed by atoms with van der Waals surface area (Å²) >= 11 is 0. The molecule has 0 saturated carbocycles. The normalized spacial score (nSPS) is 21.2. The maximum atomic E-state index is 14.7. The third kappa shape index (κ3) is 4.40. The van der Waals surface area contributed by atoms with E-state index in [2.05, 4.69) is 16.1 Å². The average Bonchev–Trinajstić information content (AvgIpc) is 3.24. The topological polar surface area (TPSA) is 76.5 Å². The van der Waals surface area contributed by atoms with Gasteiger partial charge in [0.15, 0.2) is 24.0 Å². The van der Waals surface area contributed by atoms with Crippen LogP contribution in [-0.4, -0.2) is 46.3 Å². The Morgan fingerprint density at radius 3 is 2.76 bits per heavy atom. The highest BCUT2D eigenvalue weighted by molar-refractivity contribution is 5.91. The lowest BCUT2D eigenvalue weighted by atomic mass is 9.79. The minimum absolute atomic E-state index is 0.00760. The lowest BCUT2D eigenvalue weighted by molar-refractivity contribution is -0.141. The van der Waals surface area contributed by atoms with Crippen molar-refractivity contribution in [1.82, 2.24) is 14.8 Å². The van der Waals surface area contributed by atoms with Crippen LogP contribution in [0.1, 0.15) is 17.7 Å². The van der Waals surface area contributed by atoms with E-state index in [1.54, 1.807) is 11.0 Å². The van der Waals surface area contributed by atoms with Crippen molar-refractivity contribution in [2.75, 3.05) is 13.2 Å². The highest BCUT2D eigenvalue weighted by Gasteiger charge is 2.44. The molecule has 38 heavy (non-hydrogen) atoms. The number of hydrogen-bond acceptors (Lipinski definition) is 8. The number of ether oxygens (including phenoxy) is 3. The van der Waals surface area contributed by atoms with Gasteiger partial charge in [0.05, 0.1) is 13.2 Å². The standard InChI is InChI=1S/C26H20F4N4O4/c27-19-7-16(1-2-20(19)38-18-3-5-31-21(8-18)26(28,29)30)13-37-23-9-24-33-6-4-25(14-36-15-25)10-17(33)11-34(24)22(12-35)32-23/h1-9,11-12,22H,10,13-15H2. The molecule has 4 aliphatic heterocycles. The zero-order chi connectivity index (χ0) is 26.5. The smallest absolute Gasteiger partial charge is 0.433 e. The Bertz CT molecular complexity index is 1410. The summed E-state index contributed by atoms with van der Waals surface area (Å²) in [5.41, 5.74) is 0.310. The first-order valence-electron chi connectivity index (χ1n) is 11.7. The quantitative estimate of drug-likeness (QED) is 0.411. The summed E-state index contributed by atoms with van der Waals surface area (Å²) in [5, 5.41) is 0. The van der Waals surface area contributed by atoms with Gasteiger partial charge in [-0.05, 0) is 23.8 Å². The van der Waals surface area contributed by atoms with Gasteiger partial charge in [0.25, 0.3) is 0 Å². The van der Waals surface area contributed by atoms with Crippen LogP contribution in [0, 0.1) is 11.2 Å². The number of halogens is 4. The molecule has 1 aromatic carbocycles. The maximum Gasteiger partial charge on any atom is 0.433 e. The van der Waals surface area contributed by atoms with Crippen molar-refractivity contribution < 1.29 is 36.6 Å². The van der Waals surface area contributed by atoms with E-state index in [1.807, 2.05) is 17.3 Å². The molecular formula is C26H20F4N4O4. The molecular weight excluding hydrogens is 508 g/mol. The third-order valence-electron chi connectivity index (χ3n) is 6.55. The van der Waals surface area contributed by atoms with E-state index >= 15 is 0 Å². The number of alkyl halides is 3. The highest BCUT2D eigenvalue weighted by Crippen LogP contribution is 2.45. The minimum Gasteiger partial charge on any atom is -0.473 e. The first-order chi connectivity index (χ1) is 18.2. The molecule has 6 rings (SSSR count).